The van der Waals surface area contributed by atoms with Gasteiger partial charge in [-0.05, 0) is 56.9 Å². The third kappa shape index (κ3) is 4.59. The van der Waals surface area contributed by atoms with Gasteiger partial charge in [-0.15, -0.1) is 0 Å². The number of nitrogens with one attached hydrogen (secondary N) is 2. The van der Waals surface area contributed by atoms with Gasteiger partial charge in [0.05, 0.1) is 37.2 Å². The van der Waals surface area contributed by atoms with Gasteiger partial charge in [0.25, 0.3) is 0 Å². The van der Waals surface area contributed by atoms with Crippen LogP contribution in [0, 0.1) is 11.8 Å². The van der Waals surface area contributed by atoms with Crippen LogP contribution in [0.1, 0.15) is 59.3 Å². The number of nitrogens with zero attached hydrogens (tertiary/aromatic N) is 1. The zero-order valence-corrected chi connectivity index (χ0v) is 21.5. The number of hydrogen-bond acceptors (Lipinski definition) is 6. The van der Waals surface area contributed by atoms with Crippen molar-refractivity contribution in [1.29, 1.82) is 0 Å². The highest BCUT2D eigenvalue weighted by molar-refractivity contribution is 6.02. The second kappa shape index (κ2) is 11.2. The Morgan fingerprint density at radius 2 is 1.94 bits per heavy atom. The first-order valence-corrected chi connectivity index (χ1v) is 13.3. The highest BCUT2D eigenvalue weighted by Crippen LogP contribution is 2.59. The molecule has 0 radical (unpaired) electrons. The summed E-state index contributed by atoms with van der Waals surface area (Å²) >= 11 is 0. The molecule has 0 saturated carbocycles. The van der Waals surface area contributed by atoms with E-state index in [4.69, 9.17) is 9.47 Å². The molecule has 36 heavy (non-hydrogen) atoms. The van der Waals surface area contributed by atoms with E-state index in [1.54, 1.807) is 24.3 Å². The molecule has 9 nitrogen and oxygen atoms in total. The Labute approximate surface area is 212 Å². The molecule has 3 fully saturated rings. The molecule has 1 aromatic rings. The highest BCUT2D eigenvalue weighted by atomic mass is 16.5. The summed E-state index contributed by atoms with van der Waals surface area (Å²) in [6, 6.07) is 5.73. The molecule has 3 amide bonds. The number of aliphatic hydroxyl groups is 1. The van der Waals surface area contributed by atoms with Gasteiger partial charge < -0.3 is 30.1 Å². The first-order chi connectivity index (χ1) is 17.4. The molecule has 6 atom stereocenters. The molecule has 0 aliphatic carbocycles. The summed E-state index contributed by atoms with van der Waals surface area (Å²) < 4.78 is 11.9. The van der Waals surface area contributed by atoms with Crippen molar-refractivity contribution in [2.24, 2.45) is 11.8 Å². The summed E-state index contributed by atoms with van der Waals surface area (Å²) in [6.45, 7) is 6.70. The molecule has 2 unspecified atom stereocenters. The van der Waals surface area contributed by atoms with Gasteiger partial charge >= 0.3 is 0 Å². The van der Waals surface area contributed by atoms with Gasteiger partial charge in [0.2, 0.25) is 17.7 Å². The summed E-state index contributed by atoms with van der Waals surface area (Å²) in [7, 11) is 0. The van der Waals surface area contributed by atoms with Gasteiger partial charge in [-0.3, -0.25) is 14.4 Å². The number of unbranched alkanes of at least 4 members (excludes halogenated alkanes) is 2. The van der Waals surface area contributed by atoms with Crippen molar-refractivity contribution in [3.63, 3.8) is 0 Å². The Morgan fingerprint density at radius 1 is 1.19 bits per heavy atom. The van der Waals surface area contributed by atoms with Crippen molar-refractivity contribution in [3.05, 3.63) is 24.3 Å². The molecule has 3 heterocycles. The molecule has 9 heteroatoms. The van der Waals surface area contributed by atoms with Crippen LogP contribution in [0.5, 0.6) is 5.75 Å². The fraction of sp³-hybridized carbons (Fsp3) is 0.667. The third-order valence-corrected chi connectivity index (χ3v) is 7.88. The molecule has 198 valence electrons. The molecule has 3 N–H and O–H groups in total. The molecule has 3 aliphatic heterocycles. The summed E-state index contributed by atoms with van der Waals surface area (Å²) in [5, 5.41) is 16.0. The lowest BCUT2D eigenvalue weighted by molar-refractivity contribution is -0.145. The lowest BCUT2D eigenvalue weighted by Gasteiger charge is -2.36. The van der Waals surface area contributed by atoms with E-state index in [1.165, 1.54) is 4.90 Å². The number of rotatable bonds is 12. The van der Waals surface area contributed by atoms with Crippen LogP contribution >= 0.6 is 0 Å². The number of hydrogen-bond donors (Lipinski definition) is 3. The Bertz CT molecular complexity index is 949. The van der Waals surface area contributed by atoms with E-state index in [2.05, 4.69) is 17.6 Å². The zero-order chi connectivity index (χ0) is 25.9. The predicted octanol–water partition coefficient (Wildman–Crippen LogP) is 2.48. The lowest BCUT2D eigenvalue weighted by Crippen LogP contribution is -2.58. The molecule has 1 spiro atoms. The minimum atomic E-state index is -1.06. The van der Waals surface area contributed by atoms with Crippen LogP contribution in [0.3, 0.4) is 0 Å². The number of anilines is 1. The van der Waals surface area contributed by atoms with E-state index in [-0.39, 0.29) is 24.3 Å². The number of ether oxygens (including phenoxy) is 2. The summed E-state index contributed by atoms with van der Waals surface area (Å²) in [5.74, 6) is -1.58. The maximum Gasteiger partial charge on any atom is 0.245 e. The summed E-state index contributed by atoms with van der Waals surface area (Å²) in [6.07, 6.45) is 4.11. The summed E-state index contributed by atoms with van der Waals surface area (Å²) in [4.78, 5) is 42.4. The first kappa shape index (κ1) is 26.4. The van der Waals surface area contributed by atoms with E-state index in [1.807, 2.05) is 13.8 Å². The molecule has 2 bridgehead atoms. The van der Waals surface area contributed by atoms with Gasteiger partial charge in [-0.2, -0.15) is 0 Å². The van der Waals surface area contributed by atoms with Crippen LogP contribution in [-0.4, -0.2) is 71.3 Å². The van der Waals surface area contributed by atoms with Gasteiger partial charge in [0.15, 0.2) is 0 Å². The monoisotopic (exact) mass is 501 g/mol. The van der Waals surface area contributed by atoms with E-state index < -0.39 is 35.6 Å². The average Bonchev–Trinajstić information content (AvgIpc) is 3.52. The molecule has 3 aliphatic rings. The van der Waals surface area contributed by atoms with E-state index in [0.29, 0.717) is 43.9 Å². The smallest absolute Gasteiger partial charge is 0.245 e. The minimum absolute atomic E-state index is 0.253. The van der Waals surface area contributed by atoms with Crippen molar-refractivity contribution < 1.29 is 29.0 Å². The number of amides is 3. The first-order valence-electron chi connectivity index (χ1n) is 13.3. The van der Waals surface area contributed by atoms with Crippen LogP contribution < -0.4 is 15.4 Å². The van der Waals surface area contributed by atoms with Gasteiger partial charge in [0, 0.05) is 12.2 Å². The number of fused-ring (bicyclic) bond motifs is 1. The second-order valence-electron chi connectivity index (χ2n) is 9.99. The fourth-order valence-electron chi connectivity index (χ4n) is 6.21. The van der Waals surface area contributed by atoms with Crippen molar-refractivity contribution in [2.45, 2.75) is 83.1 Å². The minimum Gasteiger partial charge on any atom is -0.494 e. The number of carbonyl (C=O) groups excluding carboxylic acids is 3. The largest absolute Gasteiger partial charge is 0.494 e. The molecular formula is C27H39N3O6. The highest BCUT2D eigenvalue weighted by Gasteiger charge is 2.74. The maximum atomic E-state index is 13.9. The van der Waals surface area contributed by atoms with Crippen LogP contribution in [0.2, 0.25) is 0 Å². The number of aliphatic hydroxyl groups excluding tert-OH is 1. The number of likely N-dealkylation sites (tertiary alicyclic amines) is 1. The topological polar surface area (TPSA) is 117 Å². The van der Waals surface area contributed by atoms with Crippen molar-refractivity contribution in [1.82, 2.24) is 10.2 Å². The fourth-order valence-corrected chi connectivity index (χ4v) is 6.21. The van der Waals surface area contributed by atoms with Crippen LogP contribution in [0.4, 0.5) is 5.69 Å². The molecule has 3 saturated heterocycles. The second-order valence-corrected chi connectivity index (χ2v) is 9.99. The molecule has 4 rings (SSSR count). The molecule has 1 aromatic carbocycles. The van der Waals surface area contributed by atoms with Gasteiger partial charge in [-0.25, -0.2) is 0 Å². The van der Waals surface area contributed by atoms with Crippen LogP contribution in [0.15, 0.2) is 24.3 Å². The number of carbonyl (C=O) groups is 3. The molecule has 0 aromatic heterocycles. The zero-order valence-electron chi connectivity index (χ0n) is 21.5. The van der Waals surface area contributed by atoms with Crippen molar-refractivity contribution in [3.8, 4) is 5.75 Å². The van der Waals surface area contributed by atoms with Crippen LogP contribution in [0.25, 0.3) is 0 Å². The maximum absolute atomic E-state index is 13.9. The van der Waals surface area contributed by atoms with E-state index in [9.17, 15) is 19.5 Å². The normalized spacial score (nSPS) is 29.2. The molecular weight excluding hydrogens is 462 g/mol. The van der Waals surface area contributed by atoms with Crippen molar-refractivity contribution in [2.75, 3.05) is 25.1 Å². The predicted molar refractivity (Wildman–Crippen MR) is 134 cm³/mol. The summed E-state index contributed by atoms with van der Waals surface area (Å²) in [5.41, 5.74) is -0.449. The average molecular weight is 502 g/mol. The van der Waals surface area contributed by atoms with Gasteiger partial charge in [-0.1, -0.05) is 26.7 Å². The Morgan fingerprint density at radius 3 is 2.58 bits per heavy atom. The van der Waals surface area contributed by atoms with E-state index >= 15 is 0 Å². The lowest BCUT2D eigenvalue weighted by atomic mass is 9.70. The Balaban J connectivity index is 1.59. The Hall–Kier alpha value is -2.65. The Kier molecular flexibility index (Phi) is 8.20. The third-order valence-electron chi connectivity index (χ3n) is 7.88. The van der Waals surface area contributed by atoms with Gasteiger partial charge in [0.1, 0.15) is 17.4 Å². The quantitative estimate of drug-likeness (QED) is 0.379. The van der Waals surface area contributed by atoms with E-state index in [0.717, 1.165) is 19.3 Å². The SMILES string of the molecule is CCCCCNC(=O)C1N([C@@H](CC)CO)C(=O)[C@@H]2[C@@H](C(=O)Nc3ccc(OCC)cc3)[C@H]3CCC12O3. The standard InChI is InChI=1S/C27H39N3O6/c1-4-7-8-15-28-25(33)23-27-14-13-20(36-27)21(22(27)26(34)30(23)18(5-2)16-31)24(32)29-17-9-11-19(12-10-17)35-6-3/h9-12,18,20-23,31H,4-8,13-16H2,1-3H3,(H,28,33)(H,29,32)/t18-,20+,21-,22-,23?,27?/m0/s1. The van der Waals surface area contributed by atoms with Crippen LogP contribution in [-0.2, 0) is 19.1 Å². The van der Waals surface area contributed by atoms with Crippen molar-refractivity contribution >= 4 is 23.4 Å². The number of benzene rings is 1.